The lowest BCUT2D eigenvalue weighted by Crippen LogP contribution is -2.57. The van der Waals surface area contributed by atoms with Gasteiger partial charge in [-0.15, -0.1) is 12.4 Å². The number of hydrogen-bond donors (Lipinski definition) is 3. The number of amides is 4. The highest BCUT2D eigenvalue weighted by Gasteiger charge is 2.55. The van der Waals surface area contributed by atoms with Crippen LogP contribution in [0.2, 0.25) is 0 Å². The highest BCUT2D eigenvalue weighted by atomic mass is 35.5. The van der Waals surface area contributed by atoms with Crippen LogP contribution in [0, 0.1) is 11.8 Å². The molecule has 25 heavy (non-hydrogen) atoms. The lowest BCUT2D eigenvalue weighted by Gasteiger charge is -2.37. The van der Waals surface area contributed by atoms with Crippen LogP contribution in [-0.2, 0) is 9.59 Å². The quantitative estimate of drug-likeness (QED) is 0.632. The van der Waals surface area contributed by atoms with Crippen molar-refractivity contribution in [3.63, 3.8) is 0 Å². The number of hydrogen-bond acceptors (Lipinski definition) is 4. The minimum atomic E-state index is -0.829. The number of carbonyl (C=O) groups is 3. The number of rotatable bonds is 5. The Morgan fingerprint density at radius 2 is 2.08 bits per heavy atom. The van der Waals surface area contributed by atoms with Crippen LogP contribution >= 0.6 is 12.4 Å². The van der Waals surface area contributed by atoms with E-state index in [0.29, 0.717) is 6.42 Å². The van der Waals surface area contributed by atoms with Gasteiger partial charge in [-0.1, -0.05) is 33.6 Å². The topological polar surface area (TPSA) is 105 Å². The summed E-state index contributed by atoms with van der Waals surface area (Å²) in [6.07, 6.45) is 3.53. The van der Waals surface area contributed by atoms with E-state index in [4.69, 9.17) is 5.73 Å². The van der Waals surface area contributed by atoms with Gasteiger partial charge in [0.05, 0.1) is 5.54 Å². The van der Waals surface area contributed by atoms with Gasteiger partial charge in [-0.2, -0.15) is 0 Å². The van der Waals surface area contributed by atoms with Gasteiger partial charge in [0.1, 0.15) is 12.1 Å². The zero-order valence-electron chi connectivity index (χ0n) is 15.6. The van der Waals surface area contributed by atoms with E-state index >= 15 is 0 Å². The highest BCUT2D eigenvalue weighted by Crippen LogP contribution is 2.38. The number of nitrogens with two attached hydrogens (primary N) is 1. The minimum Gasteiger partial charge on any atom is -0.348 e. The summed E-state index contributed by atoms with van der Waals surface area (Å²) in [6, 6.07) is -0.470. The number of nitrogens with zero attached hydrogens (tertiary/aromatic N) is 1. The number of carbonyl (C=O) groups excluding carboxylic acids is 3. The second-order valence-corrected chi connectivity index (χ2v) is 7.76. The van der Waals surface area contributed by atoms with Crippen molar-refractivity contribution in [2.24, 2.45) is 17.6 Å². The van der Waals surface area contributed by atoms with Crippen molar-refractivity contribution in [3.05, 3.63) is 0 Å². The maximum atomic E-state index is 12.8. The van der Waals surface area contributed by atoms with Gasteiger partial charge in [-0.25, -0.2) is 4.79 Å². The molecule has 0 bridgehead atoms. The van der Waals surface area contributed by atoms with E-state index in [2.05, 4.69) is 10.6 Å². The third kappa shape index (κ3) is 3.92. The zero-order valence-corrected chi connectivity index (χ0v) is 16.4. The molecule has 3 unspecified atom stereocenters. The molecular weight excluding hydrogens is 344 g/mol. The summed E-state index contributed by atoms with van der Waals surface area (Å²) < 4.78 is 0. The number of halogens is 1. The first-order valence-electron chi connectivity index (χ1n) is 8.81. The molecule has 4 N–H and O–H groups in total. The zero-order chi connectivity index (χ0) is 18.1. The smallest absolute Gasteiger partial charge is 0.325 e. The molecule has 1 spiro atoms. The number of urea groups is 1. The van der Waals surface area contributed by atoms with Crippen molar-refractivity contribution >= 4 is 30.3 Å². The first kappa shape index (κ1) is 21.7. The molecule has 144 valence electrons. The molecule has 1 saturated heterocycles. The summed E-state index contributed by atoms with van der Waals surface area (Å²) in [5.41, 5.74) is 4.38. The first-order valence-corrected chi connectivity index (χ1v) is 8.81. The highest BCUT2D eigenvalue weighted by molar-refractivity contribution is 6.09. The van der Waals surface area contributed by atoms with Crippen molar-refractivity contribution in [3.8, 4) is 0 Å². The van der Waals surface area contributed by atoms with Gasteiger partial charge < -0.3 is 16.4 Å². The molecule has 8 heteroatoms. The Morgan fingerprint density at radius 3 is 2.60 bits per heavy atom. The van der Waals surface area contributed by atoms with Crippen LogP contribution in [0.25, 0.3) is 0 Å². The number of nitrogens with one attached hydrogen (secondary N) is 2. The molecule has 3 atom stereocenters. The molecule has 7 nitrogen and oxygen atoms in total. The number of imide groups is 1. The Bertz CT molecular complexity index is 542. The van der Waals surface area contributed by atoms with Gasteiger partial charge in [-0.05, 0) is 31.6 Å². The first-order chi connectivity index (χ1) is 11.2. The Morgan fingerprint density at radius 1 is 1.44 bits per heavy atom. The summed E-state index contributed by atoms with van der Waals surface area (Å²) in [5.74, 6) is -0.408. The van der Waals surface area contributed by atoms with Crippen molar-refractivity contribution in [2.75, 3.05) is 13.1 Å². The summed E-state index contributed by atoms with van der Waals surface area (Å²) >= 11 is 0. The van der Waals surface area contributed by atoms with Crippen LogP contribution in [0.4, 0.5) is 4.79 Å². The average molecular weight is 375 g/mol. The molecule has 0 aromatic carbocycles. The van der Waals surface area contributed by atoms with Gasteiger partial charge in [0.25, 0.3) is 5.91 Å². The van der Waals surface area contributed by atoms with E-state index in [-0.39, 0.29) is 49.1 Å². The van der Waals surface area contributed by atoms with Crippen LogP contribution in [-0.4, -0.2) is 46.9 Å². The van der Waals surface area contributed by atoms with E-state index in [1.54, 1.807) is 0 Å². The molecule has 4 amide bonds. The molecule has 1 heterocycles. The minimum absolute atomic E-state index is 0. The van der Waals surface area contributed by atoms with E-state index in [1.807, 2.05) is 27.7 Å². The standard InChI is InChI=1S/C17H30N4O3.ClH/c1-11(2)16(4,10-18)19-13(22)9-21-14(23)17(20-15(21)24)8-6-5-7-12(17)3;/h11-12H,5-10,18H2,1-4H3,(H,19,22)(H,20,24);1H. The van der Waals surface area contributed by atoms with Gasteiger partial charge in [0, 0.05) is 6.54 Å². The average Bonchev–Trinajstić information content (AvgIpc) is 2.75. The van der Waals surface area contributed by atoms with Crippen LogP contribution in [0.1, 0.15) is 53.4 Å². The van der Waals surface area contributed by atoms with E-state index in [9.17, 15) is 14.4 Å². The SMILES string of the molecule is CC(C)C(C)(CN)NC(=O)CN1C(=O)NC2(CCCCC2C)C1=O.Cl. The van der Waals surface area contributed by atoms with Crippen LogP contribution in [0.3, 0.4) is 0 Å². The second-order valence-electron chi connectivity index (χ2n) is 7.76. The van der Waals surface area contributed by atoms with Crippen LogP contribution < -0.4 is 16.4 Å². The molecule has 2 rings (SSSR count). The predicted octanol–water partition coefficient (Wildman–Crippen LogP) is 1.40. The fourth-order valence-corrected chi connectivity index (χ4v) is 3.57. The lowest BCUT2D eigenvalue weighted by molar-refractivity contribution is -0.137. The molecule has 1 saturated carbocycles. The Balaban J connectivity index is 0.00000312. The normalized spacial score (nSPS) is 28.6. The van der Waals surface area contributed by atoms with E-state index in [0.717, 1.165) is 24.2 Å². The van der Waals surface area contributed by atoms with Gasteiger partial charge in [-0.3, -0.25) is 14.5 Å². The Hall–Kier alpha value is -1.34. The summed E-state index contributed by atoms with van der Waals surface area (Å²) in [4.78, 5) is 38.6. The Labute approximate surface area is 155 Å². The molecule has 2 fully saturated rings. The van der Waals surface area contributed by atoms with E-state index in [1.165, 1.54) is 0 Å². The molecule has 0 aromatic heterocycles. The Kier molecular flexibility index (Phi) is 6.87. The van der Waals surface area contributed by atoms with Gasteiger partial charge in [0.15, 0.2) is 0 Å². The maximum Gasteiger partial charge on any atom is 0.325 e. The fraction of sp³-hybridized carbons (Fsp3) is 0.824. The monoisotopic (exact) mass is 374 g/mol. The molecule has 0 radical (unpaired) electrons. The molecular formula is C17H31ClN4O3. The van der Waals surface area contributed by atoms with E-state index < -0.39 is 17.1 Å². The third-order valence-electron chi connectivity index (χ3n) is 5.93. The van der Waals surface area contributed by atoms with Crippen molar-refractivity contribution in [1.82, 2.24) is 15.5 Å². The van der Waals surface area contributed by atoms with Gasteiger partial charge >= 0.3 is 6.03 Å². The third-order valence-corrected chi connectivity index (χ3v) is 5.93. The fourth-order valence-electron chi connectivity index (χ4n) is 3.57. The summed E-state index contributed by atoms with van der Waals surface area (Å²) in [5, 5.41) is 5.73. The van der Waals surface area contributed by atoms with Crippen molar-refractivity contribution < 1.29 is 14.4 Å². The lowest BCUT2D eigenvalue weighted by atomic mass is 9.73. The molecule has 2 aliphatic rings. The van der Waals surface area contributed by atoms with Crippen molar-refractivity contribution in [2.45, 2.75) is 64.5 Å². The van der Waals surface area contributed by atoms with Gasteiger partial charge in [0.2, 0.25) is 5.91 Å². The summed E-state index contributed by atoms with van der Waals surface area (Å²) in [6.45, 7) is 7.83. The van der Waals surface area contributed by atoms with Crippen LogP contribution in [0.5, 0.6) is 0 Å². The maximum absolute atomic E-state index is 12.8. The molecule has 0 aromatic rings. The molecule has 1 aliphatic carbocycles. The largest absolute Gasteiger partial charge is 0.348 e. The van der Waals surface area contributed by atoms with Crippen molar-refractivity contribution in [1.29, 1.82) is 0 Å². The molecule has 1 aliphatic heterocycles. The summed E-state index contributed by atoms with van der Waals surface area (Å²) in [7, 11) is 0. The second kappa shape index (κ2) is 7.91. The van der Waals surface area contributed by atoms with Crippen LogP contribution in [0.15, 0.2) is 0 Å². The predicted molar refractivity (Wildman–Crippen MR) is 98.3 cm³/mol.